The van der Waals surface area contributed by atoms with Gasteiger partial charge in [-0.1, -0.05) is 0 Å². The van der Waals surface area contributed by atoms with Crippen LogP contribution in [0.25, 0.3) is 6.08 Å². The largest absolute Gasteiger partial charge is 0.467 e. The highest BCUT2D eigenvalue weighted by Crippen LogP contribution is 2.40. The number of amides is 3. The molecule has 0 aliphatic carbocycles. The van der Waals surface area contributed by atoms with Gasteiger partial charge in [0.1, 0.15) is 0 Å². The zero-order valence-electron chi connectivity index (χ0n) is 20.0. The Morgan fingerprint density at radius 3 is 2.42 bits per heavy atom. The fourth-order valence-electron chi connectivity index (χ4n) is 4.25. The van der Waals surface area contributed by atoms with Crippen molar-refractivity contribution in [3.05, 3.63) is 28.5 Å². The SMILES string of the molecule is COC(=O)C(COC(C)(C)C)NC(=O)N1CCC2(CCN(C(=O)C=Cc3ccsc3)CC2)C1. The second-order valence-electron chi connectivity index (χ2n) is 9.84. The monoisotopic (exact) mass is 477 g/mol. The number of nitrogens with zero attached hydrogens (tertiary/aromatic N) is 2. The summed E-state index contributed by atoms with van der Waals surface area (Å²) in [6.07, 6.45) is 6.12. The van der Waals surface area contributed by atoms with Gasteiger partial charge in [-0.2, -0.15) is 11.3 Å². The second-order valence-corrected chi connectivity index (χ2v) is 10.6. The summed E-state index contributed by atoms with van der Waals surface area (Å²) in [7, 11) is 1.30. The van der Waals surface area contributed by atoms with Gasteiger partial charge in [-0.3, -0.25) is 4.79 Å². The van der Waals surface area contributed by atoms with Gasteiger partial charge in [0.05, 0.1) is 19.3 Å². The fraction of sp³-hybridized carbons (Fsp3) is 0.625. The normalized spacial score (nSPS) is 19.2. The van der Waals surface area contributed by atoms with E-state index in [1.807, 2.05) is 48.6 Å². The summed E-state index contributed by atoms with van der Waals surface area (Å²) in [6.45, 7) is 8.36. The molecule has 0 radical (unpaired) electrons. The van der Waals surface area contributed by atoms with Crippen molar-refractivity contribution in [3.8, 4) is 0 Å². The lowest BCUT2D eigenvalue weighted by molar-refractivity contribution is -0.146. The Labute approximate surface area is 199 Å². The number of thiophene rings is 1. The van der Waals surface area contributed by atoms with Crippen LogP contribution in [0.4, 0.5) is 4.79 Å². The van der Waals surface area contributed by atoms with Gasteiger partial charge in [-0.15, -0.1) is 0 Å². The number of piperidine rings is 1. The van der Waals surface area contributed by atoms with E-state index in [1.165, 1.54) is 7.11 Å². The Kier molecular flexibility index (Phi) is 8.18. The number of likely N-dealkylation sites (tertiary alicyclic amines) is 2. The highest BCUT2D eigenvalue weighted by Gasteiger charge is 2.43. The molecule has 1 atom stereocenters. The van der Waals surface area contributed by atoms with Crippen molar-refractivity contribution in [2.45, 2.75) is 51.7 Å². The number of nitrogens with one attached hydrogen (secondary N) is 1. The molecule has 2 aliphatic rings. The highest BCUT2D eigenvalue weighted by molar-refractivity contribution is 7.08. The van der Waals surface area contributed by atoms with Crippen molar-refractivity contribution in [2.24, 2.45) is 5.41 Å². The smallest absolute Gasteiger partial charge is 0.330 e. The third-order valence-electron chi connectivity index (χ3n) is 6.29. The van der Waals surface area contributed by atoms with Gasteiger partial charge in [-0.25, -0.2) is 9.59 Å². The van der Waals surface area contributed by atoms with Crippen molar-refractivity contribution in [3.63, 3.8) is 0 Å². The molecule has 1 aromatic rings. The maximum absolute atomic E-state index is 12.9. The lowest BCUT2D eigenvalue weighted by atomic mass is 9.78. The zero-order chi connectivity index (χ0) is 24.1. The van der Waals surface area contributed by atoms with Crippen molar-refractivity contribution in [1.82, 2.24) is 15.1 Å². The minimum absolute atomic E-state index is 0.0217. The topological polar surface area (TPSA) is 88.2 Å². The first-order valence-corrected chi connectivity index (χ1v) is 12.3. The van der Waals surface area contributed by atoms with Crippen LogP contribution in [-0.2, 0) is 19.1 Å². The van der Waals surface area contributed by atoms with E-state index in [2.05, 4.69) is 5.32 Å². The van der Waals surface area contributed by atoms with Crippen LogP contribution in [-0.4, -0.2) is 79.2 Å². The summed E-state index contributed by atoms with van der Waals surface area (Å²) in [5, 5.41) is 6.77. The third kappa shape index (κ3) is 7.04. The van der Waals surface area contributed by atoms with Crippen molar-refractivity contribution in [2.75, 3.05) is 39.9 Å². The molecule has 2 saturated heterocycles. The second kappa shape index (κ2) is 10.7. The molecule has 182 valence electrons. The van der Waals surface area contributed by atoms with Crippen LogP contribution in [0.2, 0.25) is 0 Å². The van der Waals surface area contributed by atoms with Crippen molar-refractivity contribution in [1.29, 1.82) is 0 Å². The molecule has 1 N–H and O–H groups in total. The number of carbonyl (C=O) groups is 3. The maximum atomic E-state index is 12.9. The van der Waals surface area contributed by atoms with Gasteiger partial charge in [0, 0.05) is 32.3 Å². The van der Waals surface area contributed by atoms with Crippen LogP contribution in [0.3, 0.4) is 0 Å². The highest BCUT2D eigenvalue weighted by atomic mass is 32.1. The summed E-state index contributed by atoms with van der Waals surface area (Å²) in [5.74, 6) is -0.493. The quantitative estimate of drug-likeness (QED) is 0.502. The van der Waals surface area contributed by atoms with Gasteiger partial charge in [0.15, 0.2) is 6.04 Å². The molecule has 1 spiro atoms. The van der Waals surface area contributed by atoms with Crippen molar-refractivity contribution < 1.29 is 23.9 Å². The number of hydrogen-bond acceptors (Lipinski definition) is 6. The summed E-state index contributed by atoms with van der Waals surface area (Å²) in [5.41, 5.74) is 0.629. The molecule has 3 rings (SSSR count). The molecule has 0 aromatic carbocycles. The predicted octanol–water partition coefficient (Wildman–Crippen LogP) is 3.14. The fourth-order valence-corrected chi connectivity index (χ4v) is 4.87. The molecule has 33 heavy (non-hydrogen) atoms. The molecule has 9 heteroatoms. The summed E-state index contributed by atoms with van der Waals surface area (Å²) in [6, 6.07) is 0.849. The van der Waals surface area contributed by atoms with E-state index in [1.54, 1.807) is 22.3 Å². The number of methoxy groups -OCH3 is 1. The number of rotatable bonds is 6. The van der Waals surface area contributed by atoms with E-state index in [-0.39, 0.29) is 24.0 Å². The van der Waals surface area contributed by atoms with Crippen LogP contribution in [0.5, 0.6) is 0 Å². The third-order valence-corrected chi connectivity index (χ3v) is 6.99. The minimum atomic E-state index is -0.854. The average Bonchev–Trinajstić information content (AvgIpc) is 3.45. The molecule has 8 nitrogen and oxygen atoms in total. The average molecular weight is 478 g/mol. The van der Waals surface area contributed by atoms with E-state index in [4.69, 9.17) is 9.47 Å². The van der Waals surface area contributed by atoms with E-state index in [0.29, 0.717) is 26.2 Å². The minimum Gasteiger partial charge on any atom is -0.467 e. The van der Waals surface area contributed by atoms with E-state index < -0.39 is 17.6 Å². The standard InChI is InChI=1S/C24H35N3O5S/c1-23(2,3)32-15-19(21(29)31-4)25-22(30)27-13-10-24(17-27)8-11-26(12-9-24)20(28)6-5-18-7-14-33-16-18/h5-7,14,16,19H,8-13,15,17H2,1-4H3,(H,25,30). The number of esters is 1. The zero-order valence-corrected chi connectivity index (χ0v) is 20.8. The molecular weight excluding hydrogens is 442 g/mol. The number of carbonyl (C=O) groups excluding carboxylic acids is 3. The molecular formula is C24H35N3O5S. The van der Waals surface area contributed by atoms with Gasteiger partial charge < -0.3 is 24.6 Å². The maximum Gasteiger partial charge on any atom is 0.330 e. The summed E-state index contributed by atoms with van der Waals surface area (Å²) >= 11 is 1.61. The first kappa shape index (κ1) is 25.2. The Bertz CT molecular complexity index is 854. The molecule has 1 aromatic heterocycles. The lowest BCUT2D eigenvalue weighted by Crippen LogP contribution is -2.51. The Hall–Kier alpha value is -2.39. The van der Waals surface area contributed by atoms with Crippen LogP contribution >= 0.6 is 11.3 Å². The Morgan fingerprint density at radius 2 is 1.85 bits per heavy atom. The van der Waals surface area contributed by atoms with Gasteiger partial charge in [0.25, 0.3) is 0 Å². The van der Waals surface area contributed by atoms with Crippen LogP contribution in [0, 0.1) is 5.41 Å². The Morgan fingerprint density at radius 1 is 1.18 bits per heavy atom. The van der Waals surface area contributed by atoms with E-state index >= 15 is 0 Å². The molecule has 0 bridgehead atoms. The predicted molar refractivity (Wildman–Crippen MR) is 128 cm³/mol. The summed E-state index contributed by atoms with van der Waals surface area (Å²) < 4.78 is 10.5. The van der Waals surface area contributed by atoms with Crippen molar-refractivity contribution >= 4 is 35.3 Å². The van der Waals surface area contributed by atoms with Gasteiger partial charge in [0.2, 0.25) is 5.91 Å². The lowest BCUT2D eigenvalue weighted by Gasteiger charge is -2.39. The van der Waals surface area contributed by atoms with Gasteiger partial charge in [-0.05, 0) is 73.9 Å². The molecule has 3 heterocycles. The number of urea groups is 1. The van der Waals surface area contributed by atoms with Crippen LogP contribution < -0.4 is 5.32 Å². The van der Waals surface area contributed by atoms with Gasteiger partial charge >= 0.3 is 12.0 Å². The Balaban J connectivity index is 1.50. The van der Waals surface area contributed by atoms with Crippen LogP contribution in [0.15, 0.2) is 22.9 Å². The first-order chi connectivity index (χ1) is 15.6. The molecule has 2 aliphatic heterocycles. The molecule has 3 amide bonds. The van der Waals surface area contributed by atoms with E-state index in [0.717, 1.165) is 24.8 Å². The molecule has 2 fully saturated rings. The molecule has 1 unspecified atom stereocenters. The summed E-state index contributed by atoms with van der Waals surface area (Å²) in [4.78, 5) is 41.2. The number of hydrogen-bond donors (Lipinski definition) is 1. The molecule has 0 saturated carbocycles. The van der Waals surface area contributed by atoms with E-state index in [9.17, 15) is 14.4 Å². The first-order valence-electron chi connectivity index (χ1n) is 11.4. The number of ether oxygens (including phenoxy) is 2. The van der Waals surface area contributed by atoms with Crippen LogP contribution in [0.1, 0.15) is 45.6 Å².